The number of rotatable bonds is 5. The fourth-order valence-corrected chi connectivity index (χ4v) is 0.905. The van der Waals surface area contributed by atoms with Crippen LogP contribution in [-0.4, -0.2) is 12.3 Å². The molecule has 0 amide bonds. The first-order valence-electron chi connectivity index (χ1n) is 5.08. The predicted octanol–water partition coefficient (Wildman–Crippen LogP) is 3.17. The number of benzene rings is 1. The van der Waals surface area contributed by atoms with Crippen molar-refractivity contribution in [1.29, 1.82) is 0 Å². The van der Waals surface area contributed by atoms with Gasteiger partial charge in [0.15, 0.2) is 0 Å². The zero-order valence-corrected chi connectivity index (χ0v) is 9.79. The van der Waals surface area contributed by atoms with E-state index in [0.717, 1.165) is 0 Å². The molecule has 1 aromatic rings. The largest absolute Gasteiger partial charge is 0.420 e. The standard InChI is InChI=1S/C12H14N2O3/c1-9(2)12(15)16-10(3)17-14-13-11-7-5-4-6-8-11/h4-8,10H,1H2,2-3H3. The Bertz CT molecular complexity index is 415. The molecule has 1 atom stereocenters. The molecule has 0 heterocycles. The topological polar surface area (TPSA) is 60.2 Å². The van der Waals surface area contributed by atoms with Gasteiger partial charge >= 0.3 is 5.97 Å². The van der Waals surface area contributed by atoms with Crippen LogP contribution in [0.1, 0.15) is 13.8 Å². The molecule has 0 saturated carbocycles. The lowest BCUT2D eigenvalue weighted by atomic mass is 10.3. The van der Waals surface area contributed by atoms with Crippen LogP contribution < -0.4 is 0 Å². The molecule has 90 valence electrons. The lowest BCUT2D eigenvalue weighted by molar-refractivity contribution is -0.171. The molecule has 5 nitrogen and oxygen atoms in total. The molecule has 5 heteroatoms. The molecule has 0 saturated heterocycles. The number of nitrogens with zero attached hydrogens (tertiary/aromatic N) is 2. The summed E-state index contributed by atoms with van der Waals surface area (Å²) in [6, 6.07) is 9.09. The van der Waals surface area contributed by atoms with Crippen LogP contribution >= 0.6 is 0 Å². The summed E-state index contributed by atoms with van der Waals surface area (Å²) in [5.74, 6) is -0.521. The van der Waals surface area contributed by atoms with E-state index in [0.29, 0.717) is 11.3 Å². The highest BCUT2D eigenvalue weighted by molar-refractivity contribution is 5.86. The molecule has 0 aliphatic heterocycles. The Morgan fingerprint density at radius 2 is 2.00 bits per heavy atom. The molecular weight excluding hydrogens is 220 g/mol. The van der Waals surface area contributed by atoms with Gasteiger partial charge in [0.25, 0.3) is 6.29 Å². The van der Waals surface area contributed by atoms with Crippen LogP contribution in [0.25, 0.3) is 0 Å². The molecule has 0 N–H and O–H groups in total. The molecule has 1 aromatic carbocycles. The van der Waals surface area contributed by atoms with E-state index in [4.69, 9.17) is 9.57 Å². The van der Waals surface area contributed by atoms with Crippen LogP contribution in [0.3, 0.4) is 0 Å². The van der Waals surface area contributed by atoms with Crippen LogP contribution in [0.5, 0.6) is 0 Å². The van der Waals surface area contributed by atoms with E-state index in [1.807, 2.05) is 18.2 Å². The quantitative estimate of drug-likeness (QED) is 0.258. The Morgan fingerprint density at radius 3 is 2.59 bits per heavy atom. The molecule has 1 rings (SSSR count). The van der Waals surface area contributed by atoms with Crippen molar-refractivity contribution in [3.8, 4) is 0 Å². The van der Waals surface area contributed by atoms with Gasteiger partial charge in [0.1, 0.15) is 0 Å². The highest BCUT2D eigenvalue weighted by Crippen LogP contribution is 2.11. The van der Waals surface area contributed by atoms with E-state index < -0.39 is 12.3 Å². The van der Waals surface area contributed by atoms with Crippen molar-refractivity contribution in [2.75, 3.05) is 0 Å². The lowest BCUT2D eigenvalue weighted by Crippen LogP contribution is -2.16. The Hall–Kier alpha value is -2.17. The van der Waals surface area contributed by atoms with Crippen LogP contribution in [0, 0.1) is 0 Å². The summed E-state index contributed by atoms with van der Waals surface area (Å²) in [6.45, 7) is 6.55. The third-order valence-electron chi connectivity index (χ3n) is 1.73. The summed E-state index contributed by atoms with van der Waals surface area (Å²) in [5, 5.41) is 7.26. The predicted molar refractivity (Wildman–Crippen MR) is 62.4 cm³/mol. The number of esters is 1. The third kappa shape index (κ3) is 4.92. The van der Waals surface area contributed by atoms with Crippen molar-refractivity contribution in [1.82, 2.24) is 0 Å². The van der Waals surface area contributed by atoms with Crippen molar-refractivity contribution in [2.24, 2.45) is 10.4 Å². The van der Waals surface area contributed by atoms with E-state index >= 15 is 0 Å². The zero-order chi connectivity index (χ0) is 12.7. The lowest BCUT2D eigenvalue weighted by Gasteiger charge is -2.09. The monoisotopic (exact) mass is 234 g/mol. The maximum absolute atomic E-state index is 11.1. The van der Waals surface area contributed by atoms with E-state index in [-0.39, 0.29) is 0 Å². The van der Waals surface area contributed by atoms with Crippen LogP contribution in [0.4, 0.5) is 5.69 Å². The summed E-state index contributed by atoms with van der Waals surface area (Å²) in [5.41, 5.74) is 0.964. The van der Waals surface area contributed by atoms with Crippen molar-refractivity contribution < 1.29 is 14.4 Å². The molecule has 0 fully saturated rings. The summed E-state index contributed by atoms with van der Waals surface area (Å²) in [7, 11) is 0. The van der Waals surface area contributed by atoms with E-state index in [9.17, 15) is 4.79 Å². The van der Waals surface area contributed by atoms with Gasteiger partial charge in [0, 0.05) is 17.8 Å². The smallest absolute Gasteiger partial charge is 0.336 e. The molecular formula is C12H14N2O3. The Morgan fingerprint density at radius 1 is 1.35 bits per heavy atom. The first-order chi connectivity index (χ1) is 8.09. The summed E-state index contributed by atoms with van der Waals surface area (Å²) in [4.78, 5) is 16.0. The first-order valence-corrected chi connectivity index (χ1v) is 5.08. The summed E-state index contributed by atoms with van der Waals surface area (Å²) < 4.78 is 4.84. The van der Waals surface area contributed by atoms with Crippen molar-refractivity contribution in [2.45, 2.75) is 20.1 Å². The second-order valence-corrected chi connectivity index (χ2v) is 3.38. The number of hydrogen-bond acceptors (Lipinski definition) is 5. The average Bonchev–Trinajstić information content (AvgIpc) is 2.30. The minimum Gasteiger partial charge on any atom is -0.420 e. The number of hydrogen-bond donors (Lipinski definition) is 0. The fraction of sp³-hybridized carbons (Fsp3) is 0.250. The minimum atomic E-state index is -0.799. The van der Waals surface area contributed by atoms with E-state index in [1.54, 1.807) is 26.0 Å². The van der Waals surface area contributed by atoms with Gasteiger partial charge in [-0.2, -0.15) is 0 Å². The highest BCUT2D eigenvalue weighted by Gasteiger charge is 2.09. The second-order valence-electron chi connectivity index (χ2n) is 3.38. The maximum Gasteiger partial charge on any atom is 0.336 e. The van der Waals surface area contributed by atoms with Gasteiger partial charge in [-0.25, -0.2) is 4.79 Å². The van der Waals surface area contributed by atoms with Gasteiger partial charge in [-0.15, -0.1) is 5.11 Å². The molecule has 0 aliphatic rings. The zero-order valence-electron chi connectivity index (χ0n) is 9.79. The number of carbonyl (C=O) groups excluding carboxylic acids is 1. The average molecular weight is 234 g/mol. The fourth-order valence-electron chi connectivity index (χ4n) is 0.905. The van der Waals surface area contributed by atoms with Gasteiger partial charge in [0.2, 0.25) is 0 Å². The van der Waals surface area contributed by atoms with E-state index in [2.05, 4.69) is 17.0 Å². The highest BCUT2D eigenvalue weighted by atomic mass is 16.8. The second kappa shape index (κ2) is 6.42. The van der Waals surface area contributed by atoms with Crippen LogP contribution in [-0.2, 0) is 14.4 Å². The van der Waals surface area contributed by atoms with Crippen molar-refractivity contribution in [3.63, 3.8) is 0 Å². The van der Waals surface area contributed by atoms with Crippen LogP contribution in [0.2, 0.25) is 0 Å². The minimum absolute atomic E-state index is 0.306. The first kappa shape index (κ1) is 12.9. The molecule has 1 unspecified atom stereocenters. The number of carbonyl (C=O) groups is 1. The summed E-state index contributed by atoms with van der Waals surface area (Å²) >= 11 is 0. The Balaban J connectivity index is 2.38. The van der Waals surface area contributed by atoms with E-state index in [1.165, 1.54) is 0 Å². The Kier molecular flexibility index (Phi) is 4.87. The molecule has 17 heavy (non-hydrogen) atoms. The number of ether oxygens (including phenoxy) is 1. The van der Waals surface area contributed by atoms with Crippen molar-refractivity contribution in [3.05, 3.63) is 42.5 Å². The van der Waals surface area contributed by atoms with Gasteiger partial charge in [0.05, 0.1) is 5.69 Å². The molecule has 0 radical (unpaired) electrons. The van der Waals surface area contributed by atoms with Gasteiger partial charge < -0.3 is 9.57 Å². The molecule has 0 aromatic heterocycles. The maximum atomic E-state index is 11.1. The SMILES string of the molecule is C=C(C)C(=O)OC(C)ON=Nc1ccccc1. The third-order valence-corrected chi connectivity index (χ3v) is 1.73. The molecule has 0 bridgehead atoms. The van der Waals surface area contributed by atoms with Crippen molar-refractivity contribution >= 4 is 11.7 Å². The summed E-state index contributed by atoms with van der Waals surface area (Å²) in [6.07, 6.45) is -0.799. The normalized spacial score (nSPS) is 12.1. The van der Waals surface area contributed by atoms with Gasteiger partial charge in [-0.3, -0.25) is 0 Å². The molecule has 0 spiro atoms. The van der Waals surface area contributed by atoms with Crippen LogP contribution in [0.15, 0.2) is 52.9 Å². The Labute approximate surface area is 99.7 Å². The van der Waals surface area contributed by atoms with Gasteiger partial charge in [-0.05, 0) is 19.1 Å². The molecule has 0 aliphatic carbocycles. The van der Waals surface area contributed by atoms with Gasteiger partial charge in [-0.1, -0.05) is 24.8 Å².